The van der Waals surface area contributed by atoms with Crippen LogP contribution in [0.15, 0.2) is 35.7 Å². The summed E-state index contributed by atoms with van der Waals surface area (Å²) in [6.07, 6.45) is 5.67. The first-order valence-corrected chi connectivity index (χ1v) is 14.8. The third-order valence-electron chi connectivity index (χ3n) is 8.08. The molecule has 1 aromatic carbocycles. The second-order valence-electron chi connectivity index (χ2n) is 10.6. The van der Waals surface area contributed by atoms with E-state index in [-0.39, 0.29) is 29.8 Å². The van der Waals surface area contributed by atoms with E-state index in [1.807, 2.05) is 21.1 Å². The van der Waals surface area contributed by atoms with Gasteiger partial charge in [0.2, 0.25) is 11.8 Å². The molecule has 5 nitrogen and oxygen atoms in total. The van der Waals surface area contributed by atoms with Gasteiger partial charge in [0.25, 0.3) is 0 Å². The zero-order chi connectivity index (χ0) is 25.7. The maximum absolute atomic E-state index is 13.3. The molecule has 0 radical (unpaired) electrons. The maximum atomic E-state index is 13.3. The number of carbonyl (C=O) groups excluding carboxylic acids is 2. The van der Waals surface area contributed by atoms with Crippen molar-refractivity contribution in [1.82, 2.24) is 14.7 Å². The van der Waals surface area contributed by atoms with Crippen molar-refractivity contribution >= 4 is 23.2 Å². The van der Waals surface area contributed by atoms with Crippen LogP contribution in [0.5, 0.6) is 0 Å². The second kappa shape index (κ2) is 12.4. The molecule has 0 spiro atoms. The van der Waals surface area contributed by atoms with Crippen LogP contribution in [0.25, 0.3) is 0 Å². The second-order valence-corrected chi connectivity index (χ2v) is 11.6. The number of rotatable bonds is 9. The molecule has 36 heavy (non-hydrogen) atoms. The molecule has 4 rings (SSSR count). The van der Waals surface area contributed by atoms with E-state index < -0.39 is 0 Å². The number of hydrogen-bond donors (Lipinski definition) is 0. The van der Waals surface area contributed by atoms with Crippen LogP contribution in [0.3, 0.4) is 0 Å². The Labute approximate surface area is 221 Å². The summed E-state index contributed by atoms with van der Waals surface area (Å²) in [6, 6.07) is 11.4. The van der Waals surface area contributed by atoms with Crippen molar-refractivity contribution in [2.24, 2.45) is 5.92 Å². The highest BCUT2D eigenvalue weighted by Gasteiger charge is 2.34. The molecule has 2 aliphatic heterocycles. The Balaban J connectivity index is 1.36. The van der Waals surface area contributed by atoms with Gasteiger partial charge >= 0.3 is 0 Å². The lowest BCUT2D eigenvalue weighted by molar-refractivity contribution is -0.145. The number of carbonyl (C=O) groups is 2. The molecular weight excluding hydrogens is 466 g/mol. The largest absolute Gasteiger partial charge is 0.339 e. The lowest BCUT2D eigenvalue weighted by Crippen LogP contribution is -2.56. The van der Waals surface area contributed by atoms with Crippen molar-refractivity contribution in [3.05, 3.63) is 57.3 Å². The summed E-state index contributed by atoms with van der Waals surface area (Å²) in [5, 5.41) is 2.20. The number of unbranched alkanes of at least 4 members (excludes halogenated alkanes) is 1. The highest BCUT2D eigenvalue weighted by molar-refractivity contribution is 7.10. The van der Waals surface area contributed by atoms with Gasteiger partial charge in [-0.1, -0.05) is 56.5 Å². The Morgan fingerprint density at radius 3 is 2.56 bits per heavy atom. The average molecular weight is 510 g/mol. The zero-order valence-corrected chi connectivity index (χ0v) is 23.4. The molecule has 0 aliphatic carbocycles. The van der Waals surface area contributed by atoms with Crippen molar-refractivity contribution in [2.45, 2.75) is 78.3 Å². The number of thiophene rings is 1. The standard InChI is InChI=1S/C30H43N3O2S/c1-5-7-8-24(6-2)30(35)33-19-18-32(21-23(33)4)28(34)14-17-31-16-13-27-26(15-20-36-27)29(31)25-11-9-22(3)10-12-25/h9-12,15,20,23-24,29H,5-8,13-14,16-19,21H2,1-4H3. The van der Waals surface area contributed by atoms with Crippen LogP contribution < -0.4 is 0 Å². The van der Waals surface area contributed by atoms with E-state index in [9.17, 15) is 9.59 Å². The summed E-state index contributed by atoms with van der Waals surface area (Å²) in [5.41, 5.74) is 3.97. The summed E-state index contributed by atoms with van der Waals surface area (Å²) in [4.78, 5) is 34.4. The van der Waals surface area contributed by atoms with Gasteiger partial charge in [-0.05, 0) is 55.7 Å². The fourth-order valence-electron chi connectivity index (χ4n) is 5.84. The first kappa shape index (κ1) is 26.9. The molecule has 0 saturated carbocycles. The van der Waals surface area contributed by atoms with E-state index in [0.717, 1.165) is 45.2 Å². The minimum atomic E-state index is 0.0783. The van der Waals surface area contributed by atoms with E-state index in [1.165, 1.54) is 21.6 Å². The third-order valence-corrected chi connectivity index (χ3v) is 9.08. The van der Waals surface area contributed by atoms with Gasteiger partial charge in [-0.25, -0.2) is 0 Å². The molecule has 1 saturated heterocycles. The van der Waals surface area contributed by atoms with Gasteiger partial charge in [0.05, 0.1) is 6.04 Å². The lowest BCUT2D eigenvalue weighted by atomic mass is 9.92. The van der Waals surface area contributed by atoms with Crippen molar-refractivity contribution in [1.29, 1.82) is 0 Å². The SMILES string of the molecule is CCCCC(CC)C(=O)N1CCN(C(=O)CCN2CCc3sccc3C2c2ccc(C)cc2)CC1C. The number of benzene rings is 1. The Kier molecular flexibility index (Phi) is 9.24. The molecule has 196 valence electrons. The minimum absolute atomic E-state index is 0.0783. The molecule has 6 heteroatoms. The average Bonchev–Trinajstić information content (AvgIpc) is 3.36. The van der Waals surface area contributed by atoms with E-state index in [1.54, 1.807) is 0 Å². The molecule has 0 bridgehead atoms. The van der Waals surface area contributed by atoms with E-state index in [2.05, 4.69) is 68.3 Å². The Hall–Kier alpha value is -2.18. The molecular formula is C30H43N3O2S. The molecule has 2 amide bonds. The molecule has 3 heterocycles. The maximum Gasteiger partial charge on any atom is 0.226 e. The normalized spacial score (nSPS) is 21.3. The van der Waals surface area contributed by atoms with E-state index in [4.69, 9.17) is 0 Å². The van der Waals surface area contributed by atoms with Gasteiger partial charge in [-0.2, -0.15) is 0 Å². The lowest BCUT2D eigenvalue weighted by Gasteiger charge is -2.42. The summed E-state index contributed by atoms with van der Waals surface area (Å²) in [5.74, 6) is 0.617. The molecule has 3 unspecified atom stereocenters. The minimum Gasteiger partial charge on any atom is -0.339 e. The fourth-order valence-corrected chi connectivity index (χ4v) is 6.75. The van der Waals surface area contributed by atoms with Crippen LogP contribution in [0.1, 0.15) is 80.5 Å². The van der Waals surface area contributed by atoms with Crippen molar-refractivity contribution in [3.63, 3.8) is 0 Å². The van der Waals surface area contributed by atoms with Crippen LogP contribution in [0, 0.1) is 12.8 Å². The van der Waals surface area contributed by atoms with Crippen molar-refractivity contribution < 1.29 is 9.59 Å². The zero-order valence-electron chi connectivity index (χ0n) is 22.5. The van der Waals surface area contributed by atoms with E-state index >= 15 is 0 Å². The molecule has 1 aromatic heterocycles. The summed E-state index contributed by atoms with van der Waals surface area (Å²) >= 11 is 1.85. The van der Waals surface area contributed by atoms with Crippen LogP contribution >= 0.6 is 11.3 Å². The summed E-state index contributed by atoms with van der Waals surface area (Å²) < 4.78 is 0. The number of fused-ring (bicyclic) bond motifs is 1. The van der Waals surface area contributed by atoms with Crippen molar-refractivity contribution in [3.8, 4) is 0 Å². The Morgan fingerprint density at radius 2 is 1.86 bits per heavy atom. The first-order chi connectivity index (χ1) is 17.4. The fraction of sp³-hybridized carbons (Fsp3) is 0.600. The summed E-state index contributed by atoms with van der Waals surface area (Å²) in [6.45, 7) is 12.2. The van der Waals surface area contributed by atoms with E-state index in [0.29, 0.717) is 26.1 Å². The van der Waals surface area contributed by atoms with Crippen LogP contribution in [-0.2, 0) is 16.0 Å². The smallest absolute Gasteiger partial charge is 0.226 e. The predicted octanol–water partition coefficient (Wildman–Crippen LogP) is 5.67. The van der Waals surface area contributed by atoms with Gasteiger partial charge in [0, 0.05) is 56.0 Å². The molecule has 1 fully saturated rings. The number of nitrogens with zero attached hydrogens (tertiary/aromatic N) is 3. The molecule has 2 aromatic rings. The summed E-state index contributed by atoms with van der Waals surface area (Å²) in [7, 11) is 0. The Morgan fingerprint density at radius 1 is 1.08 bits per heavy atom. The predicted molar refractivity (Wildman–Crippen MR) is 148 cm³/mol. The number of aryl methyl sites for hydroxylation is 1. The van der Waals surface area contributed by atoms with Crippen LogP contribution in [-0.4, -0.2) is 65.3 Å². The van der Waals surface area contributed by atoms with Gasteiger partial charge in [0.15, 0.2) is 0 Å². The van der Waals surface area contributed by atoms with Crippen molar-refractivity contribution in [2.75, 3.05) is 32.7 Å². The van der Waals surface area contributed by atoms with Gasteiger partial charge in [-0.3, -0.25) is 14.5 Å². The first-order valence-electron chi connectivity index (χ1n) is 13.9. The Bertz CT molecular complexity index is 1020. The highest BCUT2D eigenvalue weighted by atomic mass is 32.1. The van der Waals surface area contributed by atoms with Gasteiger partial charge in [-0.15, -0.1) is 11.3 Å². The number of piperazine rings is 1. The molecule has 2 aliphatic rings. The third kappa shape index (κ3) is 6.03. The topological polar surface area (TPSA) is 43.9 Å². The van der Waals surface area contributed by atoms with Gasteiger partial charge in [0.1, 0.15) is 0 Å². The molecule has 3 atom stereocenters. The molecule has 0 N–H and O–H groups in total. The van der Waals surface area contributed by atoms with Crippen LogP contribution in [0.2, 0.25) is 0 Å². The van der Waals surface area contributed by atoms with Crippen LogP contribution in [0.4, 0.5) is 0 Å². The quantitative estimate of drug-likeness (QED) is 0.437. The van der Waals surface area contributed by atoms with Gasteiger partial charge < -0.3 is 9.80 Å². The number of amides is 2. The highest BCUT2D eigenvalue weighted by Crippen LogP contribution is 2.38. The monoisotopic (exact) mass is 509 g/mol. The number of hydrogen-bond acceptors (Lipinski definition) is 4.